The molecule has 2 aromatic carbocycles. The molecule has 1 heterocycles. The summed E-state index contributed by atoms with van der Waals surface area (Å²) in [5.74, 6) is -1.51. The molecule has 0 saturated carbocycles. The zero-order valence-electron chi connectivity index (χ0n) is 14.1. The average Bonchev–Trinajstić information content (AvgIpc) is 2.89. The van der Waals surface area contributed by atoms with Crippen molar-refractivity contribution in [2.45, 2.75) is 25.9 Å². The van der Waals surface area contributed by atoms with Gasteiger partial charge in [-0.1, -0.05) is 35.9 Å². The summed E-state index contributed by atoms with van der Waals surface area (Å²) < 4.78 is 0. The zero-order chi connectivity index (χ0) is 18.0. The van der Waals surface area contributed by atoms with Crippen molar-refractivity contribution in [2.75, 3.05) is 10.3 Å². The first-order valence-electron chi connectivity index (χ1n) is 8.18. The van der Waals surface area contributed by atoms with Crippen LogP contribution in [0, 0.1) is 5.92 Å². The van der Waals surface area contributed by atoms with Crippen LogP contribution in [0.4, 0.5) is 11.4 Å². The van der Waals surface area contributed by atoms with Crippen LogP contribution in [0.25, 0.3) is 0 Å². The smallest absolute Gasteiger partial charge is 0.292 e. The lowest BCUT2D eigenvalue weighted by Crippen LogP contribution is -2.39. The van der Waals surface area contributed by atoms with Gasteiger partial charge in [0.05, 0.1) is 17.6 Å². The SMILES string of the molecule is CC1NN(c2ccccc2)C(C)C1C(=O)C(=O)Nc1cccc(Cl)c1. The van der Waals surface area contributed by atoms with E-state index in [-0.39, 0.29) is 12.1 Å². The Kier molecular flexibility index (Phi) is 5.06. The molecule has 3 rings (SSSR count). The van der Waals surface area contributed by atoms with E-state index in [4.69, 9.17) is 11.6 Å². The molecule has 3 atom stereocenters. The Balaban J connectivity index is 1.74. The van der Waals surface area contributed by atoms with Crippen molar-refractivity contribution in [1.82, 2.24) is 5.43 Å². The molecule has 2 aromatic rings. The van der Waals surface area contributed by atoms with E-state index in [1.807, 2.05) is 49.2 Å². The highest BCUT2D eigenvalue weighted by Gasteiger charge is 2.43. The van der Waals surface area contributed by atoms with E-state index < -0.39 is 17.6 Å². The lowest BCUT2D eigenvalue weighted by Gasteiger charge is -2.25. The van der Waals surface area contributed by atoms with Crippen LogP contribution < -0.4 is 15.8 Å². The van der Waals surface area contributed by atoms with Crippen molar-refractivity contribution in [3.05, 3.63) is 59.6 Å². The summed E-state index contributed by atoms with van der Waals surface area (Å²) in [4.78, 5) is 25.1. The van der Waals surface area contributed by atoms with Gasteiger partial charge in [0.1, 0.15) is 0 Å². The van der Waals surface area contributed by atoms with Gasteiger partial charge in [-0.2, -0.15) is 0 Å². The molecule has 0 bridgehead atoms. The fourth-order valence-corrected chi connectivity index (χ4v) is 3.44. The van der Waals surface area contributed by atoms with Crippen LogP contribution >= 0.6 is 11.6 Å². The maximum atomic E-state index is 12.7. The third kappa shape index (κ3) is 3.67. The average molecular weight is 358 g/mol. The fraction of sp³-hybridized carbons (Fsp3) is 0.263. The highest BCUT2D eigenvalue weighted by Crippen LogP contribution is 2.28. The predicted molar refractivity (Wildman–Crippen MR) is 99.6 cm³/mol. The summed E-state index contributed by atoms with van der Waals surface area (Å²) in [6.07, 6.45) is 0. The summed E-state index contributed by atoms with van der Waals surface area (Å²) in [6, 6.07) is 16.2. The molecule has 1 aliphatic rings. The topological polar surface area (TPSA) is 61.4 Å². The quantitative estimate of drug-likeness (QED) is 0.824. The van der Waals surface area contributed by atoms with Crippen molar-refractivity contribution in [3.8, 4) is 0 Å². The Labute approximate surface area is 151 Å². The number of anilines is 2. The van der Waals surface area contributed by atoms with Gasteiger partial charge in [0.2, 0.25) is 5.78 Å². The number of amides is 1. The maximum absolute atomic E-state index is 12.7. The number of halogens is 1. The predicted octanol–water partition coefficient (Wildman–Crippen LogP) is 3.27. The lowest BCUT2D eigenvalue weighted by molar-refractivity contribution is -0.137. The number of hydrogen-bond donors (Lipinski definition) is 2. The molecule has 1 aliphatic heterocycles. The monoisotopic (exact) mass is 357 g/mol. The second-order valence-corrected chi connectivity index (χ2v) is 6.65. The lowest BCUT2D eigenvalue weighted by atomic mass is 9.91. The molecular weight excluding hydrogens is 338 g/mol. The Hall–Kier alpha value is -2.37. The molecule has 5 nitrogen and oxygen atoms in total. The third-order valence-electron chi connectivity index (χ3n) is 4.45. The first kappa shape index (κ1) is 17.5. The molecule has 1 saturated heterocycles. The molecule has 25 heavy (non-hydrogen) atoms. The minimum absolute atomic E-state index is 0.144. The molecule has 130 valence electrons. The van der Waals surface area contributed by atoms with Crippen LogP contribution in [0.3, 0.4) is 0 Å². The molecule has 6 heteroatoms. The van der Waals surface area contributed by atoms with Gasteiger partial charge in [0.15, 0.2) is 0 Å². The summed E-state index contributed by atoms with van der Waals surface area (Å²) >= 11 is 5.92. The van der Waals surface area contributed by atoms with Crippen molar-refractivity contribution in [1.29, 1.82) is 0 Å². The first-order chi connectivity index (χ1) is 12.0. The van der Waals surface area contributed by atoms with E-state index in [0.29, 0.717) is 10.7 Å². The van der Waals surface area contributed by atoms with E-state index in [0.717, 1.165) is 5.69 Å². The largest absolute Gasteiger partial charge is 0.319 e. The van der Waals surface area contributed by atoms with Gasteiger partial charge in [0, 0.05) is 16.8 Å². The minimum atomic E-state index is -0.623. The molecular formula is C19H20ClN3O2. The van der Waals surface area contributed by atoms with Gasteiger partial charge in [-0.05, 0) is 44.2 Å². The summed E-state index contributed by atoms with van der Waals surface area (Å²) in [7, 11) is 0. The molecule has 0 radical (unpaired) electrons. The number of nitrogens with zero attached hydrogens (tertiary/aromatic N) is 1. The Morgan fingerprint density at radius 3 is 2.48 bits per heavy atom. The molecule has 1 fully saturated rings. The van der Waals surface area contributed by atoms with Gasteiger partial charge in [-0.3, -0.25) is 9.59 Å². The fourth-order valence-electron chi connectivity index (χ4n) is 3.25. The number of benzene rings is 2. The number of hydrogen-bond acceptors (Lipinski definition) is 4. The number of carbonyl (C=O) groups is 2. The Morgan fingerprint density at radius 1 is 1.08 bits per heavy atom. The van der Waals surface area contributed by atoms with E-state index in [2.05, 4.69) is 10.7 Å². The van der Waals surface area contributed by atoms with E-state index >= 15 is 0 Å². The first-order valence-corrected chi connectivity index (χ1v) is 8.56. The summed E-state index contributed by atoms with van der Waals surface area (Å²) in [6.45, 7) is 3.85. The van der Waals surface area contributed by atoms with Crippen LogP contribution in [-0.4, -0.2) is 23.8 Å². The number of nitrogens with one attached hydrogen (secondary N) is 2. The normalized spacial score (nSPS) is 22.7. The molecule has 0 aromatic heterocycles. The van der Waals surface area contributed by atoms with Crippen molar-refractivity contribution >= 4 is 34.7 Å². The van der Waals surface area contributed by atoms with E-state index in [1.54, 1.807) is 24.3 Å². The maximum Gasteiger partial charge on any atom is 0.292 e. The van der Waals surface area contributed by atoms with Crippen LogP contribution in [-0.2, 0) is 9.59 Å². The number of hydrazine groups is 1. The van der Waals surface area contributed by atoms with Crippen LogP contribution in [0.15, 0.2) is 54.6 Å². The second kappa shape index (κ2) is 7.25. The molecule has 3 unspecified atom stereocenters. The molecule has 0 spiro atoms. The van der Waals surface area contributed by atoms with Crippen LogP contribution in [0.2, 0.25) is 5.02 Å². The zero-order valence-corrected chi connectivity index (χ0v) is 14.8. The van der Waals surface area contributed by atoms with Gasteiger partial charge in [0.25, 0.3) is 5.91 Å². The minimum Gasteiger partial charge on any atom is -0.319 e. The molecule has 0 aliphatic carbocycles. The number of para-hydroxylation sites is 1. The van der Waals surface area contributed by atoms with E-state index in [9.17, 15) is 9.59 Å². The Bertz CT molecular complexity index is 781. The van der Waals surface area contributed by atoms with Gasteiger partial charge < -0.3 is 10.3 Å². The van der Waals surface area contributed by atoms with Crippen LogP contribution in [0.1, 0.15) is 13.8 Å². The summed E-state index contributed by atoms with van der Waals surface area (Å²) in [5.41, 5.74) is 4.77. The standard InChI is InChI=1S/C19H20ClN3O2/c1-12-17(13(2)23(22-12)16-9-4-3-5-10-16)18(24)19(25)21-15-8-6-7-14(20)11-15/h3-13,17,22H,1-2H3,(H,21,25). The number of ketones is 1. The van der Waals surface area contributed by atoms with Gasteiger partial charge in [-0.15, -0.1) is 0 Å². The van der Waals surface area contributed by atoms with Gasteiger partial charge >= 0.3 is 0 Å². The highest BCUT2D eigenvalue weighted by molar-refractivity contribution is 6.41. The van der Waals surface area contributed by atoms with Gasteiger partial charge in [-0.25, -0.2) is 5.43 Å². The number of rotatable bonds is 4. The Morgan fingerprint density at radius 2 is 1.80 bits per heavy atom. The number of Topliss-reactive ketones (excluding diaryl/α,β-unsaturated/α-hetero) is 1. The van der Waals surface area contributed by atoms with Crippen molar-refractivity contribution < 1.29 is 9.59 Å². The molecule has 1 amide bonds. The third-order valence-corrected chi connectivity index (χ3v) is 4.69. The second-order valence-electron chi connectivity index (χ2n) is 6.22. The summed E-state index contributed by atoms with van der Waals surface area (Å²) in [5, 5.41) is 5.08. The van der Waals surface area contributed by atoms with E-state index in [1.165, 1.54) is 0 Å². The highest BCUT2D eigenvalue weighted by atomic mass is 35.5. The van der Waals surface area contributed by atoms with Crippen molar-refractivity contribution in [3.63, 3.8) is 0 Å². The van der Waals surface area contributed by atoms with Crippen LogP contribution in [0.5, 0.6) is 0 Å². The molecule has 2 N–H and O–H groups in total. The number of carbonyl (C=O) groups excluding carboxylic acids is 2. The van der Waals surface area contributed by atoms with Crippen molar-refractivity contribution in [2.24, 2.45) is 5.92 Å².